The Kier molecular flexibility index (Phi) is 4.99. The van der Waals surface area contributed by atoms with Crippen molar-refractivity contribution in [3.05, 3.63) is 28.0 Å². The number of thiocarbonyl (C=S) groups is 1. The Labute approximate surface area is 133 Å². The van der Waals surface area contributed by atoms with E-state index in [1.165, 1.54) is 0 Å². The monoisotopic (exact) mass is 359 g/mol. The zero-order valence-corrected chi connectivity index (χ0v) is 14.1. The van der Waals surface area contributed by atoms with E-state index in [2.05, 4.69) is 39.8 Å². The largest absolute Gasteiger partial charge is 0.389 e. The van der Waals surface area contributed by atoms with Gasteiger partial charge in [-0.15, -0.1) is 0 Å². The first-order valence-corrected chi connectivity index (χ1v) is 7.81. The Bertz CT molecular complexity index is 521. The highest BCUT2D eigenvalue weighted by atomic mass is 79.9. The Morgan fingerprint density at radius 2 is 2.20 bits per heavy atom. The maximum absolute atomic E-state index is 14.5. The molecule has 0 amide bonds. The molecular weight excluding hydrogens is 341 g/mol. The highest BCUT2D eigenvalue weighted by Gasteiger charge is 2.24. The average Bonchev–Trinajstić information content (AvgIpc) is 2.41. The van der Waals surface area contributed by atoms with E-state index in [1.807, 2.05) is 0 Å². The standard InChI is InChI=1S/C14H19BrFN3S/c1-18(2)9-4-3-7-19(8-9)11-6-5-10(14(17)20)12(15)13(11)16/h5-6,9H,3-4,7-8H2,1-2H3,(H2,17,20). The van der Waals surface area contributed by atoms with Crippen LogP contribution in [0.15, 0.2) is 16.6 Å². The van der Waals surface area contributed by atoms with E-state index in [0.29, 0.717) is 21.8 Å². The predicted molar refractivity (Wildman–Crippen MR) is 88.9 cm³/mol. The summed E-state index contributed by atoms with van der Waals surface area (Å²) in [6, 6.07) is 4.01. The second-order valence-electron chi connectivity index (χ2n) is 5.33. The van der Waals surface area contributed by atoms with Gasteiger partial charge in [0.2, 0.25) is 0 Å². The minimum absolute atomic E-state index is 0.201. The maximum atomic E-state index is 14.5. The molecule has 110 valence electrons. The van der Waals surface area contributed by atoms with Crippen molar-refractivity contribution in [2.75, 3.05) is 32.1 Å². The van der Waals surface area contributed by atoms with Crippen LogP contribution in [0.2, 0.25) is 0 Å². The second kappa shape index (κ2) is 6.37. The van der Waals surface area contributed by atoms with Crippen molar-refractivity contribution in [2.45, 2.75) is 18.9 Å². The number of halogens is 2. The van der Waals surface area contributed by atoms with Crippen LogP contribution in [0.4, 0.5) is 10.1 Å². The molecule has 6 heteroatoms. The molecule has 0 aliphatic carbocycles. The number of nitrogens with two attached hydrogens (primary N) is 1. The van der Waals surface area contributed by atoms with Crippen molar-refractivity contribution in [1.82, 2.24) is 4.90 Å². The lowest BCUT2D eigenvalue weighted by Gasteiger charge is -2.37. The smallest absolute Gasteiger partial charge is 0.161 e. The van der Waals surface area contributed by atoms with Crippen LogP contribution in [0.1, 0.15) is 18.4 Å². The lowest BCUT2D eigenvalue weighted by atomic mass is 10.0. The van der Waals surface area contributed by atoms with Gasteiger partial charge in [0.15, 0.2) is 5.82 Å². The molecule has 1 fully saturated rings. The molecule has 0 spiro atoms. The number of hydrogen-bond acceptors (Lipinski definition) is 3. The van der Waals surface area contributed by atoms with E-state index >= 15 is 0 Å². The summed E-state index contributed by atoms with van der Waals surface area (Å²) in [6.07, 6.45) is 2.22. The van der Waals surface area contributed by atoms with Crippen LogP contribution >= 0.6 is 28.1 Å². The number of likely N-dealkylation sites (N-methyl/N-ethyl adjacent to an activating group) is 1. The molecule has 1 heterocycles. The van der Waals surface area contributed by atoms with Gasteiger partial charge in [0.1, 0.15) is 4.99 Å². The molecule has 1 aliphatic heterocycles. The fourth-order valence-corrected chi connectivity index (χ4v) is 3.42. The van der Waals surface area contributed by atoms with Gasteiger partial charge >= 0.3 is 0 Å². The third kappa shape index (κ3) is 3.13. The highest BCUT2D eigenvalue weighted by molar-refractivity contribution is 9.10. The second-order valence-corrected chi connectivity index (χ2v) is 6.56. The van der Waals surface area contributed by atoms with E-state index < -0.39 is 0 Å². The van der Waals surface area contributed by atoms with Gasteiger partial charge in [0.05, 0.1) is 10.2 Å². The molecule has 1 atom stereocenters. The van der Waals surface area contributed by atoms with Gasteiger partial charge in [0.25, 0.3) is 0 Å². The van der Waals surface area contributed by atoms with E-state index in [4.69, 9.17) is 18.0 Å². The Balaban J connectivity index is 2.29. The van der Waals surface area contributed by atoms with Crippen molar-refractivity contribution < 1.29 is 4.39 Å². The first kappa shape index (κ1) is 15.7. The maximum Gasteiger partial charge on any atom is 0.161 e. The zero-order valence-electron chi connectivity index (χ0n) is 11.7. The van der Waals surface area contributed by atoms with Crippen LogP contribution in [-0.2, 0) is 0 Å². The summed E-state index contributed by atoms with van der Waals surface area (Å²) in [6.45, 7) is 1.71. The summed E-state index contributed by atoms with van der Waals surface area (Å²) in [5, 5.41) is 0. The quantitative estimate of drug-likeness (QED) is 0.841. The van der Waals surface area contributed by atoms with Gasteiger partial charge in [-0.3, -0.25) is 0 Å². The summed E-state index contributed by atoms with van der Waals surface area (Å²) in [7, 11) is 4.13. The van der Waals surface area contributed by atoms with Crippen molar-refractivity contribution in [3.8, 4) is 0 Å². The topological polar surface area (TPSA) is 32.5 Å². The van der Waals surface area contributed by atoms with Crippen LogP contribution < -0.4 is 10.6 Å². The van der Waals surface area contributed by atoms with Gasteiger partial charge in [-0.25, -0.2) is 4.39 Å². The molecule has 1 aromatic carbocycles. The van der Waals surface area contributed by atoms with Crippen molar-refractivity contribution in [1.29, 1.82) is 0 Å². The number of rotatable bonds is 3. The van der Waals surface area contributed by atoms with Crippen LogP contribution in [0.3, 0.4) is 0 Å². The number of piperidine rings is 1. The fraction of sp³-hybridized carbons (Fsp3) is 0.500. The Morgan fingerprint density at radius 1 is 1.50 bits per heavy atom. The van der Waals surface area contributed by atoms with Crippen molar-refractivity contribution in [3.63, 3.8) is 0 Å². The molecule has 1 aliphatic rings. The van der Waals surface area contributed by atoms with Gasteiger partial charge in [0, 0.05) is 24.7 Å². The molecular formula is C14H19BrFN3S. The van der Waals surface area contributed by atoms with Crippen molar-refractivity contribution in [2.24, 2.45) is 5.73 Å². The zero-order chi connectivity index (χ0) is 14.9. The van der Waals surface area contributed by atoms with Gasteiger partial charge in [-0.2, -0.15) is 0 Å². The lowest BCUT2D eigenvalue weighted by Crippen LogP contribution is -2.45. The summed E-state index contributed by atoms with van der Waals surface area (Å²) in [5.41, 5.74) is 6.75. The molecule has 0 aromatic heterocycles. The number of hydrogen-bond donors (Lipinski definition) is 1. The van der Waals surface area contributed by atoms with E-state index in [0.717, 1.165) is 25.9 Å². The number of nitrogens with zero attached hydrogens (tertiary/aromatic N) is 2. The van der Waals surface area contributed by atoms with Gasteiger partial charge < -0.3 is 15.5 Å². The molecule has 0 bridgehead atoms. The van der Waals surface area contributed by atoms with Crippen molar-refractivity contribution >= 4 is 38.8 Å². The summed E-state index contributed by atoms with van der Waals surface area (Å²) < 4.78 is 14.9. The van der Waals surface area contributed by atoms with Crippen LogP contribution in [0, 0.1) is 5.82 Å². The highest BCUT2D eigenvalue weighted by Crippen LogP contribution is 2.31. The average molecular weight is 360 g/mol. The predicted octanol–water partition coefficient (Wildman–Crippen LogP) is 2.75. The fourth-order valence-electron chi connectivity index (χ4n) is 2.57. The molecule has 1 aromatic rings. The minimum Gasteiger partial charge on any atom is -0.389 e. The normalized spacial score (nSPS) is 19.4. The van der Waals surface area contributed by atoms with Gasteiger partial charge in [-0.05, 0) is 55.0 Å². The van der Waals surface area contributed by atoms with E-state index in [9.17, 15) is 4.39 Å². The summed E-state index contributed by atoms with van der Waals surface area (Å²) in [4.78, 5) is 4.49. The number of benzene rings is 1. The molecule has 20 heavy (non-hydrogen) atoms. The van der Waals surface area contributed by atoms with Crippen LogP contribution in [0.5, 0.6) is 0 Å². The molecule has 3 nitrogen and oxygen atoms in total. The molecule has 2 rings (SSSR count). The first-order chi connectivity index (χ1) is 9.41. The van der Waals surface area contributed by atoms with E-state index in [1.54, 1.807) is 12.1 Å². The van der Waals surface area contributed by atoms with Crippen LogP contribution in [-0.4, -0.2) is 43.1 Å². The van der Waals surface area contributed by atoms with Crippen LogP contribution in [0.25, 0.3) is 0 Å². The summed E-state index contributed by atoms with van der Waals surface area (Å²) >= 11 is 8.19. The molecule has 1 unspecified atom stereocenters. The Morgan fingerprint density at radius 3 is 2.80 bits per heavy atom. The molecule has 0 radical (unpaired) electrons. The molecule has 0 saturated carbocycles. The van der Waals surface area contributed by atoms with E-state index in [-0.39, 0.29) is 10.8 Å². The third-order valence-corrected chi connectivity index (χ3v) is 4.79. The minimum atomic E-state index is -0.283. The Hall–Kier alpha value is -0.720. The lowest BCUT2D eigenvalue weighted by molar-refractivity contribution is 0.257. The molecule has 1 saturated heterocycles. The van der Waals surface area contributed by atoms with Gasteiger partial charge in [-0.1, -0.05) is 12.2 Å². The third-order valence-electron chi connectivity index (χ3n) is 3.79. The SMILES string of the molecule is CN(C)C1CCCN(c2ccc(C(N)=S)c(Br)c2F)C1. The summed E-state index contributed by atoms with van der Waals surface area (Å²) in [5.74, 6) is -0.283. The number of anilines is 1. The molecule has 2 N–H and O–H groups in total. The first-order valence-electron chi connectivity index (χ1n) is 6.61.